The molecule has 22 heavy (non-hydrogen) atoms. The molecule has 0 amide bonds. The number of para-hydroxylation sites is 1. The van der Waals surface area contributed by atoms with Crippen molar-refractivity contribution in [1.29, 1.82) is 0 Å². The summed E-state index contributed by atoms with van der Waals surface area (Å²) in [7, 11) is 1.76. The van der Waals surface area contributed by atoms with Gasteiger partial charge >= 0.3 is 10.8 Å². The standard InChI is InChI=1S/C13H12N4O3S2/c1-16-10(14-15-12(16)21-7-11(18)19)6-17-8-4-2-3-5-9(8)22-13(17)20/h2-5H,6-7H2,1H3,(H,18,19). The van der Waals surface area contributed by atoms with Crippen LogP contribution in [0.5, 0.6) is 0 Å². The minimum absolute atomic E-state index is 0.0519. The van der Waals surface area contributed by atoms with Gasteiger partial charge < -0.3 is 9.67 Å². The van der Waals surface area contributed by atoms with Gasteiger partial charge in [0.05, 0.1) is 22.5 Å². The Hall–Kier alpha value is -2.13. The Morgan fingerprint density at radius 1 is 1.36 bits per heavy atom. The van der Waals surface area contributed by atoms with Crippen LogP contribution in [-0.4, -0.2) is 36.2 Å². The average molecular weight is 336 g/mol. The molecular weight excluding hydrogens is 324 g/mol. The number of thiazole rings is 1. The first-order valence-corrected chi connectivity index (χ1v) is 8.17. The number of rotatable bonds is 5. The molecule has 0 aliphatic carbocycles. The number of benzene rings is 1. The zero-order valence-electron chi connectivity index (χ0n) is 11.6. The number of carbonyl (C=O) groups is 1. The second-order valence-electron chi connectivity index (χ2n) is 4.56. The first-order valence-electron chi connectivity index (χ1n) is 6.37. The number of aliphatic carboxylic acids is 1. The number of hydrogen-bond acceptors (Lipinski definition) is 6. The molecule has 7 nitrogen and oxygen atoms in total. The summed E-state index contributed by atoms with van der Waals surface area (Å²) in [4.78, 5) is 22.7. The molecule has 2 aromatic heterocycles. The lowest BCUT2D eigenvalue weighted by molar-refractivity contribution is -0.133. The number of fused-ring (bicyclic) bond motifs is 1. The van der Waals surface area contributed by atoms with E-state index in [0.717, 1.165) is 22.0 Å². The highest BCUT2D eigenvalue weighted by Crippen LogP contribution is 2.19. The van der Waals surface area contributed by atoms with Crippen LogP contribution in [0.25, 0.3) is 10.2 Å². The summed E-state index contributed by atoms with van der Waals surface area (Å²) >= 11 is 2.29. The van der Waals surface area contributed by atoms with Crippen molar-refractivity contribution in [3.63, 3.8) is 0 Å². The molecule has 0 saturated carbocycles. The number of carboxylic acids is 1. The van der Waals surface area contributed by atoms with Gasteiger partial charge in [-0.2, -0.15) is 0 Å². The Labute approximate surface area is 133 Å². The summed E-state index contributed by atoms with van der Waals surface area (Å²) in [5.74, 6) is -0.374. The van der Waals surface area contributed by atoms with Crippen LogP contribution in [0, 0.1) is 0 Å². The molecule has 3 rings (SSSR count). The van der Waals surface area contributed by atoms with E-state index in [0.29, 0.717) is 17.5 Å². The minimum atomic E-state index is -0.908. The lowest BCUT2D eigenvalue weighted by Gasteiger charge is -2.04. The number of carboxylic acid groups (broad SMARTS) is 1. The third-order valence-electron chi connectivity index (χ3n) is 3.12. The molecule has 114 valence electrons. The number of hydrogen-bond donors (Lipinski definition) is 1. The van der Waals surface area contributed by atoms with E-state index in [1.54, 1.807) is 16.2 Å². The van der Waals surface area contributed by atoms with E-state index >= 15 is 0 Å². The summed E-state index contributed by atoms with van der Waals surface area (Å²) in [6.45, 7) is 0.306. The average Bonchev–Trinajstić information content (AvgIpc) is 2.99. The Morgan fingerprint density at radius 3 is 2.91 bits per heavy atom. The predicted molar refractivity (Wildman–Crippen MR) is 84.5 cm³/mol. The maximum absolute atomic E-state index is 12.1. The van der Waals surface area contributed by atoms with E-state index in [-0.39, 0.29) is 10.6 Å². The van der Waals surface area contributed by atoms with Crippen molar-refractivity contribution in [3.05, 3.63) is 39.8 Å². The highest BCUT2D eigenvalue weighted by atomic mass is 32.2. The van der Waals surface area contributed by atoms with Crippen LogP contribution in [0.3, 0.4) is 0 Å². The summed E-state index contributed by atoms with van der Waals surface area (Å²) in [5, 5.41) is 17.3. The van der Waals surface area contributed by atoms with Gasteiger partial charge in [-0.1, -0.05) is 35.2 Å². The SMILES string of the molecule is Cn1c(Cn2c(=O)sc3ccccc32)nnc1SCC(=O)O. The number of thioether (sulfide) groups is 1. The van der Waals surface area contributed by atoms with Crippen LogP contribution in [0.1, 0.15) is 5.82 Å². The van der Waals surface area contributed by atoms with Crippen molar-refractivity contribution < 1.29 is 9.90 Å². The number of nitrogens with zero attached hydrogens (tertiary/aromatic N) is 4. The van der Waals surface area contributed by atoms with Crippen molar-refractivity contribution in [1.82, 2.24) is 19.3 Å². The largest absolute Gasteiger partial charge is 0.481 e. The molecule has 0 fully saturated rings. The maximum atomic E-state index is 12.1. The van der Waals surface area contributed by atoms with Crippen molar-refractivity contribution in [2.45, 2.75) is 11.7 Å². The first-order chi connectivity index (χ1) is 10.6. The smallest absolute Gasteiger partial charge is 0.313 e. The molecule has 1 aromatic carbocycles. The van der Waals surface area contributed by atoms with Crippen molar-refractivity contribution >= 4 is 39.3 Å². The van der Waals surface area contributed by atoms with E-state index in [1.807, 2.05) is 24.3 Å². The quantitative estimate of drug-likeness (QED) is 0.709. The normalized spacial score (nSPS) is 11.1. The minimum Gasteiger partial charge on any atom is -0.481 e. The van der Waals surface area contributed by atoms with Crippen molar-refractivity contribution in [2.24, 2.45) is 7.05 Å². The van der Waals surface area contributed by atoms with Crippen molar-refractivity contribution in [3.8, 4) is 0 Å². The predicted octanol–water partition coefficient (Wildman–Crippen LogP) is 1.42. The summed E-state index contributed by atoms with van der Waals surface area (Å²) < 4.78 is 4.29. The molecule has 0 saturated heterocycles. The molecule has 1 N–H and O–H groups in total. The lowest BCUT2D eigenvalue weighted by Crippen LogP contribution is -2.16. The highest BCUT2D eigenvalue weighted by Gasteiger charge is 2.14. The Morgan fingerprint density at radius 2 is 2.14 bits per heavy atom. The van der Waals surface area contributed by atoms with Gasteiger partial charge in [0.1, 0.15) is 0 Å². The topological polar surface area (TPSA) is 90.0 Å². The van der Waals surface area contributed by atoms with Gasteiger partial charge in [0.25, 0.3) is 0 Å². The molecule has 0 aliphatic heterocycles. The van der Waals surface area contributed by atoms with Gasteiger partial charge in [-0.05, 0) is 12.1 Å². The molecule has 9 heteroatoms. The fourth-order valence-electron chi connectivity index (χ4n) is 2.04. The molecule has 0 bridgehead atoms. The lowest BCUT2D eigenvalue weighted by atomic mass is 10.3. The van der Waals surface area contributed by atoms with E-state index in [2.05, 4.69) is 10.2 Å². The Balaban J connectivity index is 1.91. The number of aromatic nitrogens is 4. The van der Waals surface area contributed by atoms with Crippen LogP contribution in [0.15, 0.2) is 34.2 Å². The Kier molecular flexibility index (Phi) is 3.99. The van der Waals surface area contributed by atoms with Crippen LogP contribution in [-0.2, 0) is 18.4 Å². The van der Waals surface area contributed by atoms with Gasteiger partial charge in [0, 0.05) is 7.05 Å². The van der Waals surface area contributed by atoms with Crippen LogP contribution in [0.2, 0.25) is 0 Å². The maximum Gasteiger partial charge on any atom is 0.313 e. The van der Waals surface area contributed by atoms with Gasteiger partial charge in [-0.25, -0.2) is 0 Å². The summed E-state index contributed by atoms with van der Waals surface area (Å²) in [5.41, 5.74) is 0.861. The molecular formula is C13H12N4O3S2. The van der Waals surface area contributed by atoms with Gasteiger partial charge in [-0.3, -0.25) is 14.2 Å². The van der Waals surface area contributed by atoms with Crippen LogP contribution >= 0.6 is 23.1 Å². The molecule has 0 atom stereocenters. The van der Waals surface area contributed by atoms with E-state index in [9.17, 15) is 9.59 Å². The van der Waals surface area contributed by atoms with Gasteiger partial charge in [-0.15, -0.1) is 10.2 Å². The molecule has 2 heterocycles. The van der Waals surface area contributed by atoms with Crippen LogP contribution < -0.4 is 4.87 Å². The second kappa shape index (κ2) is 5.93. The zero-order valence-corrected chi connectivity index (χ0v) is 13.2. The monoisotopic (exact) mass is 336 g/mol. The fraction of sp³-hybridized carbons (Fsp3) is 0.231. The zero-order chi connectivity index (χ0) is 15.7. The summed E-state index contributed by atoms with van der Waals surface area (Å²) in [6.07, 6.45) is 0. The molecule has 3 aromatic rings. The van der Waals surface area contributed by atoms with Crippen LogP contribution in [0.4, 0.5) is 0 Å². The summed E-state index contributed by atoms with van der Waals surface area (Å²) in [6, 6.07) is 7.58. The van der Waals surface area contributed by atoms with Gasteiger partial charge in [0.2, 0.25) is 0 Å². The van der Waals surface area contributed by atoms with Gasteiger partial charge in [0.15, 0.2) is 11.0 Å². The van der Waals surface area contributed by atoms with E-state index < -0.39 is 5.97 Å². The van der Waals surface area contributed by atoms with E-state index in [1.165, 1.54) is 11.3 Å². The molecule has 0 unspecified atom stereocenters. The second-order valence-corrected chi connectivity index (χ2v) is 6.50. The first kappa shape index (κ1) is 14.8. The third-order valence-corrected chi connectivity index (χ3v) is 5.09. The van der Waals surface area contributed by atoms with Crippen molar-refractivity contribution in [2.75, 3.05) is 5.75 Å². The van der Waals surface area contributed by atoms with E-state index in [4.69, 9.17) is 5.11 Å². The fourth-order valence-corrected chi connectivity index (χ4v) is 3.58. The molecule has 0 radical (unpaired) electrons. The third kappa shape index (κ3) is 2.77. The molecule has 0 aliphatic rings. The highest BCUT2D eigenvalue weighted by molar-refractivity contribution is 7.99. The Bertz CT molecular complexity index is 896. The molecule has 0 spiro atoms.